The summed E-state index contributed by atoms with van der Waals surface area (Å²) >= 11 is 3.52. The highest BCUT2D eigenvalue weighted by atomic mass is 79.9. The predicted octanol–water partition coefficient (Wildman–Crippen LogP) is 3.05. The van der Waals surface area contributed by atoms with Crippen LogP contribution >= 0.6 is 15.9 Å². The summed E-state index contributed by atoms with van der Waals surface area (Å²) in [4.78, 5) is 11.1. The number of nitrogens with one attached hydrogen (secondary N) is 1. The van der Waals surface area contributed by atoms with Crippen LogP contribution in [0.25, 0.3) is 11.0 Å². The van der Waals surface area contributed by atoms with E-state index in [2.05, 4.69) is 55.3 Å². The van der Waals surface area contributed by atoms with Crippen LogP contribution in [0.3, 0.4) is 0 Å². The quantitative estimate of drug-likeness (QED) is 0.863. The van der Waals surface area contributed by atoms with Crippen molar-refractivity contribution in [3.8, 4) is 0 Å². The van der Waals surface area contributed by atoms with Crippen molar-refractivity contribution in [3.63, 3.8) is 0 Å². The number of aryl methyl sites for hydroxylation is 1. The first-order chi connectivity index (χ1) is 11.1. The van der Waals surface area contributed by atoms with Gasteiger partial charge in [0, 0.05) is 19.6 Å². The molecule has 1 fully saturated rings. The fraction of sp³-hybridized carbons (Fsp3) is 0.688. The normalized spacial score (nSPS) is 17.8. The molecule has 2 aromatic rings. The second-order valence-corrected chi connectivity index (χ2v) is 7.40. The molecule has 0 radical (unpaired) electrons. The third-order valence-electron chi connectivity index (χ3n) is 4.91. The molecule has 0 aliphatic heterocycles. The van der Waals surface area contributed by atoms with Crippen LogP contribution in [0.15, 0.2) is 10.9 Å². The van der Waals surface area contributed by atoms with Gasteiger partial charge < -0.3 is 10.2 Å². The number of likely N-dealkylation sites (N-methyl/N-ethyl adjacent to an activating group) is 1. The first kappa shape index (κ1) is 16.6. The third-order valence-corrected chi connectivity index (χ3v) is 5.47. The molecule has 7 heteroatoms. The third kappa shape index (κ3) is 3.50. The first-order valence-electron chi connectivity index (χ1n) is 8.31. The second-order valence-electron chi connectivity index (χ2n) is 6.65. The van der Waals surface area contributed by atoms with Crippen molar-refractivity contribution in [1.82, 2.24) is 24.6 Å². The molecular formula is C16H25BrN6. The van der Waals surface area contributed by atoms with Crippen molar-refractivity contribution >= 4 is 32.8 Å². The fourth-order valence-electron chi connectivity index (χ4n) is 3.67. The van der Waals surface area contributed by atoms with Crippen molar-refractivity contribution in [2.24, 2.45) is 13.0 Å². The lowest BCUT2D eigenvalue weighted by molar-refractivity contribution is 0.179. The highest BCUT2D eigenvalue weighted by Crippen LogP contribution is 2.30. The molecule has 1 saturated carbocycles. The molecule has 6 nitrogen and oxygen atoms in total. The molecule has 0 saturated heterocycles. The van der Waals surface area contributed by atoms with Crippen LogP contribution in [0.2, 0.25) is 0 Å². The van der Waals surface area contributed by atoms with Gasteiger partial charge in [-0.3, -0.25) is 0 Å². The van der Waals surface area contributed by atoms with E-state index in [9.17, 15) is 0 Å². The zero-order valence-corrected chi connectivity index (χ0v) is 15.7. The Morgan fingerprint density at radius 2 is 2.04 bits per heavy atom. The summed E-state index contributed by atoms with van der Waals surface area (Å²) in [6, 6.07) is 0.524. The van der Waals surface area contributed by atoms with Crippen molar-refractivity contribution in [2.45, 2.75) is 38.1 Å². The molecule has 0 bridgehead atoms. The summed E-state index contributed by atoms with van der Waals surface area (Å²) in [5, 5.41) is 8.88. The average molecular weight is 381 g/mol. The van der Waals surface area contributed by atoms with Gasteiger partial charge in [0.2, 0.25) is 0 Å². The van der Waals surface area contributed by atoms with Gasteiger partial charge in [-0.25, -0.2) is 14.6 Å². The molecule has 0 aromatic carbocycles. The molecule has 23 heavy (non-hydrogen) atoms. The summed E-state index contributed by atoms with van der Waals surface area (Å²) < 4.78 is 2.56. The van der Waals surface area contributed by atoms with E-state index in [1.165, 1.54) is 32.1 Å². The van der Waals surface area contributed by atoms with Crippen LogP contribution in [-0.4, -0.2) is 51.3 Å². The van der Waals surface area contributed by atoms with Gasteiger partial charge in [0.25, 0.3) is 0 Å². The Hall–Kier alpha value is -1.21. The van der Waals surface area contributed by atoms with Gasteiger partial charge in [0.05, 0.1) is 5.39 Å². The van der Waals surface area contributed by atoms with Gasteiger partial charge in [-0.15, -0.1) is 0 Å². The minimum atomic E-state index is 0.524. The molecular weight excluding hydrogens is 356 g/mol. The minimum Gasteiger partial charge on any atom is -0.368 e. The van der Waals surface area contributed by atoms with E-state index in [1.807, 2.05) is 7.05 Å². The van der Waals surface area contributed by atoms with Crippen LogP contribution < -0.4 is 5.32 Å². The van der Waals surface area contributed by atoms with Gasteiger partial charge >= 0.3 is 0 Å². The number of nitrogens with zero attached hydrogens (tertiary/aromatic N) is 5. The summed E-state index contributed by atoms with van der Waals surface area (Å²) in [5.41, 5.74) is 0.841. The van der Waals surface area contributed by atoms with Gasteiger partial charge in [-0.2, -0.15) is 5.10 Å². The Morgan fingerprint density at radius 3 is 2.74 bits per heavy atom. The number of halogens is 1. The first-order valence-corrected chi connectivity index (χ1v) is 9.10. The van der Waals surface area contributed by atoms with Crippen molar-refractivity contribution in [3.05, 3.63) is 10.9 Å². The van der Waals surface area contributed by atoms with E-state index >= 15 is 0 Å². The Morgan fingerprint density at radius 1 is 1.30 bits per heavy atom. The molecule has 1 aliphatic carbocycles. The Labute approximate surface area is 145 Å². The van der Waals surface area contributed by atoms with Crippen LogP contribution in [0.1, 0.15) is 32.1 Å². The lowest BCUT2D eigenvalue weighted by atomic mass is 9.83. The number of fused-ring (bicyclic) bond motifs is 1. The monoisotopic (exact) mass is 380 g/mol. The van der Waals surface area contributed by atoms with E-state index in [-0.39, 0.29) is 0 Å². The summed E-state index contributed by atoms with van der Waals surface area (Å²) in [5.74, 6) is 1.62. The van der Waals surface area contributed by atoms with E-state index < -0.39 is 0 Å². The lowest BCUT2D eigenvalue weighted by Crippen LogP contribution is -2.41. The molecule has 126 valence electrons. The van der Waals surface area contributed by atoms with Crippen molar-refractivity contribution < 1.29 is 0 Å². The zero-order valence-electron chi connectivity index (χ0n) is 14.1. The molecule has 2 aromatic heterocycles. The molecule has 3 rings (SSSR count). The van der Waals surface area contributed by atoms with E-state index in [1.54, 1.807) is 11.0 Å². The van der Waals surface area contributed by atoms with Crippen molar-refractivity contribution in [2.75, 3.05) is 26.0 Å². The lowest BCUT2D eigenvalue weighted by Gasteiger charge is -2.35. The number of rotatable bonds is 5. The fourth-order valence-corrected chi connectivity index (χ4v) is 4.27. The Kier molecular flexibility index (Phi) is 5.16. The maximum Gasteiger partial charge on any atom is 0.164 e. The maximum absolute atomic E-state index is 4.43. The smallest absolute Gasteiger partial charge is 0.164 e. The second kappa shape index (κ2) is 7.13. The van der Waals surface area contributed by atoms with E-state index in [0.29, 0.717) is 6.04 Å². The van der Waals surface area contributed by atoms with Crippen LogP contribution in [0.5, 0.6) is 0 Å². The number of aromatic nitrogens is 4. The van der Waals surface area contributed by atoms with Gasteiger partial charge in [0.1, 0.15) is 16.7 Å². The zero-order chi connectivity index (χ0) is 16.4. The summed E-state index contributed by atoms with van der Waals surface area (Å²) in [6.45, 7) is 0.894. The average Bonchev–Trinajstić information content (AvgIpc) is 2.84. The van der Waals surface area contributed by atoms with E-state index in [4.69, 9.17) is 0 Å². The van der Waals surface area contributed by atoms with Crippen LogP contribution in [0, 0.1) is 5.92 Å². The molecule has 2 heterocycles. The number of anilines is 1. The topological polar surface area (TPSA) is 58.9 Å². The highest BCUT2D eigenvalue weighted by molar-refractivity contribution is 9.10. The largest absolute Gasteiger partial charge is 0.368 e. The van der Waals surface area contributed by atoms with Crippen LogP contribution in [-0.2, 0) is 7.05 Å². The molecule has 1 atom stereocenters. The number of hydrogen-bond donors (Lipinski definition) is 1. The molecule has 1 aliphatic rings. The van der Waals surface area contributed by atoms with Gasteiger partial charge in [-0.05, 0) is 48.8 Å². The summed E-state index contributed by atoms with van der Waals surface area (Å²) in [6.07, 6.45) is 8.38. The van der Waals surface area contributed by atoms with Gasteiger partial charge in [-0.1, -0.05) is 19.3 Å². The molecule has 0 spiro atoms. The van der Waals surface area contributed by atoms with Gasteiger partial charge in [0.15, 0.2) is 5.65 Å². The molecule has 0 amide bonds. The molecule has 1 unspecified atom stereocenters. The maximum atomic E-state index is 4.43. The Bertz CT molecular complexity index is 662. The Balaban J connectivity index is 1.78. The number of hydrogen-bond acceptors (Lipinski definition) is 5. The molecule has 1 N–H and O–H groups in total. The summed E-state index contributed by atoms with van der Waals surface area (Å²) in [7, 11) is 6.25. The SMILES string of the molecule is CN(C)C(CNc1ncnc2c1c(Br)nn2C)C1CCCCC1. The predicted molar refractivity (Wildman–Crippen MR) is 96.5 cm³/mol. The minimum absolute atomic E-state index is 0.524. The van der Waals surface area contributed by atoms with E-state index in [0.717, 1.165) is 33.9 Å². The highest BCUT2D eigenvalue weighted by Gasteiger charge is 2.25. The van der Waals surface area contributed by atoms with Crippen LogP contribution in [0.4, 0.5) is 5.82 Å². The standard InChI is InChI=1S/C16H25BrN6/c1-22(2)12(11-7-5-4-6-8-11)9-18-15-13-14(17)21-23(3)16(13)20-10-19-15/h10-12H,4-9H2,1-3H3,(H,18,19,20). The van der Waals surface area contributed by atoms with Crippen molar-refractivity contribution in [1.29, 1.82) is 0 Å².